The Bertz CT molecular complexity index is 463. The van der Waals surface area contributed by atoms with Crippen molar-refractivity contribution in [3.8, 4) is 5.75 Å². The van der Waals surface area contributed by atoms with E-state index in [2.05, 4.69) is 64.7 Å². The molecule has 0 saturated heterocycles. The van der Waals surface area contributed by atoms with Gasteiger partial charge >= 0.3 is 0 Å². The number of ether oxygens (including phenoxy) is 1. The van der Waals surface area contributed by atoms with E-state index in [0.29, 0.717) is 12.5 Å². The Morgan fingerprint density at radius 3 is 2.33 bits per heavy atom. The number of nitrogens with one attached hydrogen (secondary N) is 1. The summed E-state index contributed by atoms with van der Waals surface area (Å²) >= 11 is 0. The first-order chi connectivity index (χ1) is 9.81. The molecule has 0 saturated carbocycles. The Morgan fingerprint density at radius 2 is 1.86 bits per heavy atom. The van der Waals surface area contributed by atoms with Gasteiger partial charge in [0.25, 0.3) is 0 Å². The summed E-state index contributed by atoms with van der Waals surface area (Å²) in [4.78, 5) is 0. The highest BCUT2D eigenvalue weighted by atomic mass is 16.5. The molecule has 0 aliphatic carbocycles. The van der Waals surface area contributed by atoms with Crippen LogP contribution in [0.25, 0.3) is 6.08 Å². The van der Waals surface area contributed by atoms with Gasteiger partial charge in [0, 0.05) is 12.1 Å². The molecule has 0 aliphatic heterocycles. The Morgan fingerprint density at radius 1 is 1.24 bits per heavy atom. The van der Waals surface area contributed by atoms with E-state index in [1.54, 1.807) is 6.08 Å². The molecular weight excluding hydrogens is 258 g/mol. The van der Waals surface area contributed by atoms with Crippen LogP contribution in [0.15, 0.2) is 42.5 Å². The monoisotopic (exact) mass is 287 g/mol. The third-order valence-corrected chi connectivity index (χ3v) is 3.16. The van der Waals surface area contributed by atoms with Crippen LogP contribution in [0.2, 0.25) is 0 Å². The van der Waals surface area contributed by atoms with Gasteiger partial charge in [0.15, 0.2) is 0 Å². The molecule has 0 aromatic heterocycles. The Labute approximate surface area is 129 Å². The summed E-state index contributed by atoms with van der Waals surface area (Å²) in [5, 5.41) is 3.56. The molecule has 0 amide bonds. The van der Waals surface area contributed by atoms with Crippen molar-refractivity contribution in [3.05, 3.63) is 48.1 Å². The molecule has 1 aromatic rings. The second kappa shape index (κ2) is 8.04. The highest BCUT2D eigenvalue weighted by Gasteiger charge is 2.11. The first-order valence-electron chi connectivity index (χ1n) is 7.61. The maximum absolute atomic E-state index is 5.50. The zero-order chi connectivity index (χ0) is 15.9. The maximum Gasteiger partial charge on any atom is 0.119 e. The van der Waals surface area contributed by atoms with Gasteiger partial charge in [0.2, 0.25) is 0 Å². The second-order valence-electron chi connectivity index (χ2n) is 6.65. The van der Waals surface area contributed by atoms with Gasteiger partial charge in [-0.15, -0.1) is 0 Å². The lowest BCUT2D eigenvalue weighted by molar-refractivity contribution is 0.363. The van der Waals surface area contributed by atoms with Crippen LogP contribution in [0.4, 0.5) is 0 Å². The van der Waals surface area contributed by atoms with E-state index in [0.717, 1.165) is 12.3 Å². The molecule has 2 nitrogen and oxygen atoms in total. The van der Waals surface area contributed by atoms with E-state index >= 15 is 0 Å². The number of rotatable bonds is 7. The van der Waals surface area contributed by atoms with Crippen LogP contribution in [0.3, 0.4) is 0 Å². The molecule has 1 N–H and O–H groups in total. The van der Waals surface area contributed by atoms with Crippen LogP contribution in [0.1, 0.15) is 40.2 Å². The van der Waals surface area contributed by atoms with E-state index in [1.807, 2.05) is 12.1 Å². The molecule has 0 heterocycles. The standard InChI is InChI=1S/C19H29NO/c1-7-12-21-18-10-8-16(9-11-18)13-17(15(2)3)14-20-19(4,5)6/h7-11,13,15,20H,1,12,14H2,2-6H3. The Balaban J connectivity index is 2.77. The second-order valence-corrected chi connectivity index (χ2v) is 6.65. The van der Waals surface area contributed by atoms with Crippen molar-refractivity contribution in [3.63, 3.8) is 0 Å². The molecular formula is C19H29NO. The normalized spacial score (nSPS) is 12.6. The highest BCUT2D eigenvalue weighted by molar-refractivity contribution is 5.54. The van der Waals surface area contributed by atoms with E-state index in [9.17, 15) is 0 Å². The lowest BCUT2D eigenvalue weighted by atomic mass is 9.98. The van der Waals surface area contributed by atoms with Gasteiger partial charge < -0.3 is 10.1 Å². The van der Waals surface area contributed by atoms with Crippen molar-refractivity contribution in [2.45, 2.75) is 40.2 Å². The summed E-state index contributed by atoms with van der Waals surface area (Å²) in [6.07, 6.45) is 4.02. The predicted molar refractivity (Wildman–Crippen MR) is 92.7 cm³/mol. The Hall–Kier alpha value is -1.54. The minimum absolute atomic E-state index is 0.135. The molecule has 2 heteroatoms. The lowest BCUT2D eigenvalue weighted by Gasteiger charge is -2.23. The third kappa shape index (κ3) is 7.14. The van der Waals surface area contributed by atoms with Gasteiger partial charge in [-0.1, -0.05) is 50.3 Å². The van der Waals surface area contributed by atoms with E-state index in [4.69, 9.17) is 4.74 Å². The average molecular weight is 287 g/mol. The number of hydrogen-bond acceptors (Lipinski definition) is 2. The molecule has 0 bridgehead atoms. The minimum Gasteiger partial charge on any atom is -0.490 e. The third-order valence-electron chi connectivity index (χ3n) is 3.16. The molecule has 1 aromatic carbocycles. The van der Waals surface area contributed by atoms with Crippen molar-refractivity contribution in [2.24, 2.45) is 5.92 Å². The smallest absolute Gasteiger partial charge is 0.119 e. The Kier molecular flexibility index (Phi) is 6.70. The molecule has 21 heavy (non-hydrogen) atoms. The van der Waals surface area contributed by atoms with Gasteiger partial charge in [0.05, 0.1) is 0 Å². The fourth-order valence-electron chi connectivity index (χ4n) is 1.82. The van der Waals surface area contributed by atoms with E-state index in [-0.39, 0.29) is 5.54 Å². The van der Waals surface area contributed by atoms with E-state index in [1.165, 1.54) is 11.1 Å². The summed E-state index contributed by atoms with van der Waals surface area (Å²) in [6, 6.07) is 8.20. The van der Waals surface area contributed by atoms with Crippen molar-refractivity contribution < 1.29 is 4.74 Å². The topological polar surface area (TPSA) is 21.3 Å². The molecule has 0 aliphatic rings. The van der Waals surface area contributed by atoms with Gasteiger partial charge in [-0.05, 0) is 44.4 Å². The zero-order valence-electron chi connectivity index (χ0n) is 14.1. The SMILES string of the molecule is C=CCOc1ccc(C=C(CNC(C)(C)C)C(C)C)cc1. The van der Waals surface area contributed by atoms with Gasteiger partial charge in [-0.3, -0.25) is 0 Å². The average Bonchev–Trinajstić information content (AvgIpc) is 2.41. The van der Waals surface area contributed by atoms with Crippen molar-refractivity contribution >= 4 is 6.08 Å². The number of benzene rings is 1. The maximum atomic E-state index is 5.50. The fourth-order valence-corrected chi connectivity index (χ4v) is 1.82. The van der Waals surface area contributed by atoms with Crippen molar-refractivity contribution in [2.75, 3.05) is 13.2 Å². The van der Waals surface area contributed by atoms with Gasteiger partial charge in [0.1, 0.15) is 12.4 Å². The molecule has 1 rings (SSSR count). The highest BCUT2D eigenvalue weighted by Crippen LogP contribution is 2.18. The first-order valence-corrected chi connectivity index (χ1v) is 7.61. The summed E-state index contributed by atoms with van der Waals surface area (Å²) in [6.45, 7) is 16.1. The van der Waals surface area contributed by atoms with Crippen LogP contribution in [-0.2, 0) is 0 Å². The molecule has 0 spiro atoms. The van der Waals surface area contributed by atoms with Crippen LogP contribution in [0.5, 0.6) is 5.75 Å². The molecule has 0 atom stereocenters. The quantitative estimate of drug-likeness (QED) is 0.735. The van der Waals surface area contributed by atoms with Crippen molar-refractivity contribution in [1.29, 1.82) is 0 Å². The lowest BCUT2D eigenvalue weighted by Crippen LogP contribution is -2.37. The van der Waals surface area contributed by atoms with Crippen LogP contribution in [-0.4, -0.2) is 18.7 Å². The summed E-state index contributed by atoms with van der Waals surface area (Å²) in [5.74, 6) is 1.41. The predicted octanol–water partition coefficient (Wildman–Crippen LogP) is 4.68. The zero-order valence-corrected chi connectivity index (χ0v) is 14.1. The molecule has 0 fully saturated rings. The first kappa shape index (κ1) is 17.5. The van der Waals surface area contributed by atoms with Crippen molar-refractivity contribution in [1.82, 2.24) is 5.32 Å². The molecule has 116 valence electrons. The van der Waals surface area contributed by atoms with E-state index < -0.39 is 0 Å². The number of hydrogen-bond donors (Lipinski definition) is 1. The molecule has 0 radical (unpaired) electrons. The van der Waals surface area contributed by atoms with Crippen LogP contribution >= 0.6 is 0 Å². The summed E-state index contributed by atoms with van der Waals surface area (Å²) < 4.78 is 5.50. The summed E-state index contributed by atoms with van der Waals surface area (Å²) in [7, 11) is 0. The largest absolute Gasteiger partial charge is 0.490 e. The minimum atomic E-state index is 0.135. The fraction of sp³-hybridized carbons (Fsp3) is 0.474. The summed E-state index contributed by atoms with van der Waals surface area (Å²) in [5.41, 5.74) is 2.75. The van der Waals surface area contributed by atoms with Gasteiger partial charge in [-0.2, -0.15) is 0 Å². The molecule has 0 unspecified atom stereocenters. The van der Waals surface area contributed by atoms with Gasteiger partial charge in [-0.25, -0.2) is 0 Å². The van der Waals surface area contributed by atoms with Crippen LogP contribution < -0.4 is 10.1 Å². The van der Waals surface area contributed by atoms with Crippen LogP contribution in [0, 0.1) is 5.92 Å².